The fourth-order valence-corrected chi connectivity index (χ4v) is 4.52. The Morgan fingerprint density at radius 3 is 2.52 bits per heavy atom. The van der Waals surface area contributed by atoms with Gasteiger partial charge in [0.05, 0.1) is 17.4 Å². The molecular weight excluding hydrogens is 384 g/mol. The van der Waals surface area contributed by atoms with Crippen LogP contribution in [0.4, 0.5) is 11.4 Å². The number of allylic oxidation sites excluding steroid dienone is 1. The standard InChI is InChI=1S/C24H25ClN2O2/c1-15-8-10-16(11-9-15)23-22-18(12-24(2,3)13-20(22)28)26-17-6-4-5-7-19(17)27(23)21(29)14-25/h4-11,23,26H,12-14H2,1-3H3/t23-/m0/s1. The number of anilines is 2. The van der Waals surface area contributed by atoms with E-state index in [1.165, 1.54) is 0 Å². The number of fused-ring (bicyclic) bond motifs is 1. The lowest BCUT2D eigenvalue weighted by Crippen LogP contribution is -2.40. The summed E-state index contributed by atoms with van der Waals surface area (Å²) in [5.74, 6) is -0.300. The number of ketones is 1. The van der Waals surface area contributed by atoms with Crippen molar-refractivity contribution >= 4 is 34.7 Å². The average molecular weight is 409 g/mol. The molecule has 2 aliphatic rings. The van der Waals surface area contributed by atoms with Gasteiger partial charge in [-0.05, 0) is 36.5 Å². The van der Waals surface area contributed by atoms with Crippen LogP contribution in [0.2, 0.25) is 0 Å². The maximum absolute atomic E-state index is 13.4. The monoisotopic (exact) mass is 408 g/mol. The lowest BCUT2D eigenvalue weighted by Gasteiger charge is -2.37. The number of aryl methyl sites for hydroxylation is 1. The highest BCUT2D eigenvalue weighted by Gasteiger charge is 2.42. The number of carbonyl (C=O) groups excluding carboxylic acids is 2. The minimum atomic E-state index is -0.503. The first-order chi connectivity index (χ1) is 13.8. The van der Waals surface area contributed by atoms with E-state index in [4.69, 9.17) is 11.6 Å². The van der Waals surface area contributed by atoms with Crippen LogP contribution in [0.1, 0.15) is 43.9 Å². The van der Waals surface area contributed by atoms with E-state index in [9.17, 15) is 9.59 Å². The number of alkyl halides is 1. The number of nitrogens with one attached hydrogen (secondary N) is 1. The highest BCUT2D eigenvalue weighted by Crippen LogP contribution is 2.48. The molecule has 2 aromatic rings. The number of rotatable bonds is 2. The molecule has 0 aromatic heterocycles. The third kappa shape index (κ3) is 3.58. The Hall–Kier alpha value is -2.59. The lowest BCUT2D eigenvalue weighted by molar-refractivity contribution is -0.118. The van der Waals surface area contributed by atoms with Crippen LogP contribution in [0.5, 0.6) is 0 Å². The predicted octanol–water partition coefficient (Wildman–Crippen LogP) is 5.38. The first-order valence-electron chi connectivity index (χ1n) is 9.87. The lowest BCUT2D eigenvalue weighted by atomic mass is 9.73. The van der Waals surface area contributed by atoms with E-state index in [0.29, 0.717) is 12.0 Å². The summed E-state index contributed by atoms with van der Waals surface area (Å²) in [6.45, 7) is 6.24. The molecule has 0 fully saturated rings. The number of hydrogen-bond acceptors (Lipinski definition) is 3. The van der Waals surface area contributed by atoms with Crippen LogP contribution < -0.4 is 10.2 Å². The van der Waals surface area contributed by atoms with Crippen LogP contribution in [0, 0.1) is 12.3 Å². The SMILES string of the molecule is Cc1ccc([C@H]2C3=C(CC(C)(C)CC3=O)Nc3ccccc3N2C(=O)CCl)cc1. The van der Waals surface area contributed by atoms with Gasteiger partial charge in [-0.15, -0.1) is 11.6 Å². The zero-order chi connectivity index (χ0) is 20.8. The highest BCUT2D eigenvalue weighted by molar-refractivity contribution is 6.30. The van der Waals surface area contributed by atoms with Crippen LogP contribution in [0.15, 0.2) is 59.8 Å². The molecule has 0 saturated heterocycles. The molecule has 1 aliphatic heterocycles. The van der Waals surface area contributed by atoms with Gasteiger partial charge in [0.25, 0.3) is 0 Å². The number of carbonyl (C=O) groups is 2. The molecule has 4 nitrogen and oxygen atoms in total. The summed E-state index contributed by atoms with van der Waals surface area (Å²) in [6.07, 6.45) is 1.20. The molecule has 0 bridgehead atoms. The van der Waals surface area contributed by atoms with E-state index in [1.807, 2.05) is 55.5 Å². The van der Waals surface area contributed by atoms with Gasteiger partial charge in [0, 0.05) is 17.7 Å². The Morgan fingerprint density at radius 1 is 1.14 bits per heavy atom. The fraction of sp³-hybridized carbons (Fsp3) is 0.333. The van der Waals surface area contributed by atoms with Gasteiger partial charge in [0.2, 0.25) is 5.91 Å². The summed E-state index contributed by atoms with van der Waals surface area (Å²) in [4.78, 5) is 28.2. The smallest absolute Gasteiger partial charge is 0.242 e. The summed E-state index contributed by atoms with van der Waals surface area (Å²) < 4.78 is 0. The molecule has 5 heteroatoms. The maximum atomic E-state index is 13.4. The molecule has 2 aromatic carbocycles. The van der Waals surface area contributed by atoms with E-state index in [-0.39, 0.29) is 23.0 Å². The predicted molar refractivity (Wildman–Crippen MR) is 117 cm³/mol. The minimum absolute atomic E-state index is 0.0782. The van der Waals surface area contributed by atoms with E-state index >= 15 is 0 Å². The number of para-hydroxylation sites is 2. The number of amides is 1. The number of halogens is 1. The second kappa shape index (κ2) is 7.34. The van der Waals surface area contributed by atoms with Crippen LogP contribution in [0.3, 0.4) is 0 Å². The normalized spacial score (nSPS) is 20.5. The van der Waals surface area contributed by atoms with Crippen molar-refractivity contribution in [3.05, 3.63) is 70.9 Å². The Balaban J connectivity index is 2.00. The van der Waals surface area contributed by atoms with Gasteiger partial charge < -0.3 is 5.32 Å². The molecule has 0 spiro atoms. The number of benzene rings is 2. The van der Waals surface area contributed by atoms with Crippen LogP contribution in [0.25, 0.3) is 0 Å². The van der Waals surface area contributed by atoms with Gasteiger partial charge in [0.15, 0.2) is 5.78 Å². The molecule has 1 aliphatic carbocycles. The van der Waals surface area contributed by atoms with Crippen LogP contribution >= 0.6 is 11.6 Å². The molecule has 1 amide bonds. The van der Waals surface area contributed by atoms with Gasteiger partial charge in [0.1, 0.15) is 5.88 Å². The first kappa shape index (κ1) is 19.7. The summed E-state index contributed by atoms with van der Waals surface area (Å²) in [7, 11) is 0. The third-order valence-corrected chi connectivity index (χ3v) is 5.91. The molecule has 150 valence electrons. The maximum Gasteiger partial charge on any atom is 0.242 e. The Labute approximate surface area is 176 Å². The van der Waals surface area contributed by atoms with E-state index in [0.717, 1.165) is 34.6 Å². The Morgan fingerprint density at radius 2 is 1.83 bits per heavy atom. The molecule has 1 atom stereocenters. The summed E-state index contributed by atoms with van der Waals surface area (Å²) in [6, 6.07) is 15.2. The zero-order valence-corrected chi connectivity index (χ0v) is 17.7. The molecular formula is C24H25ClN2O2. The molecule has 1 N–H and O–H groups in total. The summed E-state index contributed by atoms with van der Waals surface area (Å²) >= 11 is 6.03. The quantitative estimate of drug-likeness (QED) is 0.679. The van der Waals surface area contributed by atoms with Gasteiger partial charge in [-0.1, -0.05) is 55.8 Å². The van der Waals surface area contributed by atoms with Gasteiger partial charge in [-0.2, -0.15) is 0 Å². The van der Waals surface area contributed by atoms with E-state index in [1.54, 1.807) is 4.90 Å². The molecule has 29 heavy (non-hydrogen) atoms. The van der Waals surface area contributed by atoms with Crippen molar-refractivity contribution in [3.8, 4) is 0 Å². The fourth-order valence-electron chi connectivity index (χ4n) is 4.39. The second-order valence-electron chi connectivity index (χ2n) is 8.69. The molecule has 0 radical (unpaired) electrons. The van der Waals surface area contributed by atoms with E-state index in [2.05, 4.69) is 19.2 Å². The van der Waals surface area contributed by atoms with Crippen molar-refractivity contribution in [2.24, 2.45) is 5.41 Å². The van der Waals surface area contributed by atoms with E-state index < -0.39 is 6.04 Å². The Bertz CT molecular complexity index is 1010. The molecule has 0 unspecified atom stereocenters. The van der Waals surface area contributed by atoms with Crippen molar-refractivity contribution in [3.63, 3.8) is 0 Å². The van der Waals surface area contributed by atoms with Gasteiger partial charge in [-0.3, -0.25) is 14.5 Å². The second-order valence-corrected chi connectivity index (χ2v) is 8.95. The van der Waals surface area contributed by atoms with Gasteiger partial charge >= 0.3 is 0 Å². The first-order valence-corrected chi connectivity index (χ1v) is 10.4. The molecule has 1 heterocycles. The van der Waals surface area contributed by atoms with Crippen molar-refractivity contribution in [1.82, 2.24) is 0 Å². The summed E-state index contributed by atoms with van der Waals surface area (Å²) in [5, 5.41) is 3.49. The van der Waals surface area contributed by atoms with Crippen molar-refractivity contribution in [2.45, 2.75) is 39.7 Å². The average Bonchev–Trinajstić information content (AvgIpc) is 2.81. The highest BCUT2D eigenvalue weighted by atomic mass is 35.5. The topological polar surface area (TPSA) is 49.4 Å². The number of hydrogen-bond donors (Lipinski definition) is 1. The molecule has 4 rings (SSSR count). The van der Waals surface area contributed by atoms with Gasteiger partial charge in [-0.25, -0.2) is 0 Å². The van der Waals surface area contributed by atoms with Crippen molar-refractivity contribution in [1.29, 1.82) is 0 Å². The third-order valence-electron chi connectivity index (χ3n) is 5.68. The van der Waals surface area contributed by atoms with Crippen LogP contribution in [-0.4, -0.2) is 17.6 Å². The Kier molecular flexibility index (Phi) is 4.99. The van der Waals surface area contributed by atoms with Crippen molar-refractivity contribution < 1.29 is 9.59 Å². The largest absolute Gasteiger partial charge is 0.357 e. The van der Waals surface area contributed by atoms with Crippen molar-refractivity contribution in [2.75, 3.05) is 16.1 Å². The zero-order valence-electron chi connectivity index (χ0n) is 17.0. The minimum Gasteiger partial charge on any atom is -0.357 e. The summed E-state index contributed by atoms with van der Waals surface area (Å²) in [5.41, 5.74) is 5.02. The molecule has 0 saturated carbocycles. The number of nitrogens with zero attached hydrogens (tertiary/aromatic N) is 1. The van der Waals surface area contributed by atoms with Crippen LogP contribution in [-0.2, 0) is 9.59 Å². The number of Topliss-reactive ketones (excluding diaryl/α,β-unsaturated/α-hetero) is 1.